The summed E-state index contributed by atoms with van der Waals surface area (Å²) in [5.74, 6) is 2.64. The number of rotatable bonds is 3. The molecule has 3 aliphatic rings. The van der Waals surface area contributed by atoms with Gasteiger partial charge in [0.05, 0.1) is 12.7 Å². The second kappa shape index (κ2) is 4.50. The maximum absolute atomic E-state index is 5.78. The number of allylic oxidation sites excluding steroid dienone is 2. The first-order chi connectivity index (χ1) is 8.25. The zero-order valence-corrected chi connectivity index (χ0v) is 10.8. The van der Waals surface area contributed by atoms with Crippen LogP contribution in [0.5, 0.6) is 0 Å². The molecule has 0 bridgehead atoms. The van der Waals surface area contributed by atoms with Gasteiger partial charge in [-0.1, -0.05) is 0 Å². The maximum Gasteiger partial charge on any atom is 0.0519 e. The predicted octanol–water partition coefficient (Wildman–Crippen LogP) is 1.67. The number of hydrogen-bond acceptors (Lipinski definition) is 4. The summed E-state index contributed by atoms with van der Waals surface area (Å²) in [6.07, 6.45) is 5.35. The first-order valence-corrected chi connectivity index (χ1v) is 6.86. The fourth-order valence-electron chi connectivity index (χ4n) is 3.31. The Morgan fingerprint density at radius 3 is 2.24 bits per heavy atom. The van der Waals surface area contributed by atoms with Crippen LogP contribution in [0, 0.1) is 17.8 Å². The van der Waals surface area contributed by atoms with Crippen LogP contribution in [0.4, 0.5) is 0 Å². The third-order valence-corrected chi connectivity index (χ3v) is 4.38. The van der Waals surface area contributed by atoms with E-state index in [2.05, 4.69) is 30.2 Å². The van der Waals surface area contributed by atoms with Gasteiger partial charge < -0.3 is 15.6 Å². The van der Waals surface area contributed by atoms with Gasteiger partial charge in [0.25, 0.3) is 0 Å². The van der Waals surface area contributed by atoms with Crippen LogP contribution in [0.3, 0.4) is 0 Å². The monoisotopic (exact) mass is 237 g/mol. The van der Waals surface area contributed by atoms with Crippen molar-refractivity contribution in [1.82, 2.24) is 16.4 Å². The van der Waals surface area contributed by atoms with Gasteiger partial charge in [-0.15, -0.1) is 0 Å². The number of nitrogens with one attached hydrogen (secondary N) is 3. The van der Waals surface area contributed by atoms with Crippen molar-refractivity contribution in [1.29, 1.82) is 0 Å². The average molecular weight is 237 g/mol. The summed E-state index contributed by atoms with van der Waals surface area (Å²) >= 11 is 0. The van der Waals surface area contributed by atoms with Crippen LogP contribution in [0.1, 0.15) is 39.5 Å². The predicted molar refractivity (Wildman–Crippen MR) is 66.5 cm³/mol. The Morgan fingerprint density at radius 1 is 1.12 bits per heavy atom. The molecule has 4 heteroatoms. The zero-order valence-electron chi connectivity index (χ0n) is 10.8. The summed E-state index contributed by atoms with van der Waals surface area (Å²) in [7, 11) is 0. The van der Waals surface area contributed by atoms with Crippen molar-refractivity contribution in [3.05, 3.63) is 11.4 Å². The van der Waals surface area contributed by atoms with Crippen LogP contribution >= 0.6 is 0 Å². The summed E-state index contributed by atoms with van der Waals surface area (Å²) in [4.78, 5) is 0. The molecule has 3 N–H and O–H groups in total. The van der Waals surface area contributed by atoms with Gasteiger partial charge >= 0.3 is 0 Å². The normalized spacial score (nSPS) is 35.6. The van der Waals surface area contributed by atoms with E-state index in [4.69, 9.17) is 4.74 Å². The van der Waals surface area contributed by atoms with Gasteiger partial charge in [-0.25, -0.2) is 0 Å². The van der Waals surface area contributed by atoms with E-state index >= 15 is 0 Å². The molecular formula is C13H23N3O. The fourth-order valence-corrected chi connectivity index (χ4v) is 3.31. The highest BCUT2D eigenvalue weighted by Crippen LogP contribution is 2.53. The number of hydrogen-bond donors (Lipinski definition) is 3. The van der Waals surface area contributed by atoms with Crippen molar-refractivity contribution in [2.24, 2.45) is 17.8 Å². The minimum atomic E-state index is 0.373. The molecule has 2 unspecified atom stereocenters. The molecule has 0 saturated heterocycles. The van der Waals surface area contributed by atoms with Gasteiger partial charge in [0, 0.05) is 11.4 Å². The Balaban J connectivity index is 1.54. The van der Waals surface area contributed by atoms with Crippen molar-refractivity contribution >= 4 is 0 Å². The third kappa shape index (κ3) is 2.29. The summed E-state index contributed by atoms with van der Waals surface area (Å²) < 4.78 is 5.78. The molecule has 0 aromatic heterocycles. The third-order valence-electron chi connectivity index (χ3n) is 4.38. The van der Waals surface area contributed by atoms with E-state index in [0.29, 0.717) is 6.10 Å². The lowest BCUT2D eigenvalue weighted by Gasteiger charge is -2.08. The summed E-state index contributed by atoms with van der Waals surface area (Å²) in [6, 6.07) is 0. The van der Waals surface area contributed by atoms with Crippen LogP contribution in [0.25, 0.3) is 0 Å². The highest BCUT2D eigenvalue weighted by atomic mass is 16.5. The largest absolute Gasteiger partial charge is 0.378 e. The number of ether oxygens (including phenoxy) is 1. The zero-order chi connectivity index (χ0) is 11.8. The Labute approximate surface area is 103 Å². The molecule has 4 nitrogen and oxygen atoms in total. The Bertz CT molecular complexity index is 303. The highest BCUT2D eigenvalue weighted by molar-refractivity contribution is 5.17. The molecule has 96 valence electrons. The smallest absolute Gasteiger partial charge is 0.0519 e. The lowest BCUT2D eigenvalue weighted by atomic mass is 10.0. The molecule has 0 aromatic carbocycles. The molecule has 1 saturated carbocycles. The molecule has 2 atom stereocenters. The number of fused-ring (bicyclic) bond motifs is 1. The van der Waals surface area contributed by atoms with E-state index in [9.17, 15) is 0 Å². The quantitative estimate of drug-likeness (QED) is 0.699. The Hall–Kier alpha value is -0.740. The van der Waals surface area contributed by atoms with E-state index in [1.165, 1.54) is 37.1 Å². The topological polar surface area (TPSA) is 45.3 Å². The van der Waals surface area contributed by atoms with Crippen molar-refractivity contribution < 1.29 is 4.74 Å². The van der Waals surface area contributed by atoms with Gasteiger partial charge in [-0.05, 0) is 57.3 Å². The molecule has 1 heterocycles. The Morgan fingerprint density at radius 2 is 1.71 bits per heavy atom. The van der Waals surface area contributed by atoms with Crippen molar-refractivity contribution in [3.8, 4) is 0 Å². The van der Waals surface area contributed by atoms with E-state index in [0.717, 1.165) is 24.4 Å². The van der Waals surface area contributed by atoms with Crippen LogP contribution in [-0.2, 0) is 4.74 Å². The Kier molecular flexibility index (Phi) is 3.01. The summed E-state index contributed by atoms with van der Waals surface area (Å²) in [5.41, 5.74) is 12.2. The van der Waals surface area contributed by atoms with Gasteiger partial charge in [0.2, 0.25) is 0 Å². The molecule has 2 aliphatic carbocycles. The minimum Gasteiger partial charge on any atom is -0.378 e. The second-order valence-electron chi connectivity index (χ2n) is 5.78. The second-order valence-corrected chi connectivity index (χ2v) is 5.78. The lowest BCUT2D eigenvalue weighted by Crippen LogP contribution is -2.32. The van der Waals surface area contributed by atoms with Crippen molar-refractivity contribution in [2.75, 3.05) is 6.61 Å². The first-order valence-electron chi connectivity index (χ1n) is 6.86. The highest BCUT2D eigenvalue weighted by Gasteiger charge is 2.49. The molecule has 17 heavy (non-hydrogen) atoms. The SMILES string of the molecule is CC(C)OCC1C2CCC3=C(CCC21)NNN3. The van der Waals surface area contributed by atoms with E-state index in [-0.39, 0.29) is 0 Å². The fraction of sp³-hybridized carbons (Fsp3) is 0.846. The van der Waals surface area contributed by atoms with Crippen LogP contribution in [-0.4, -0.2) is 12.7 Å². The van der Waals surface area contributed by atoms with Gasteiger partial charge in [0.1, 0.15) is 0 Å². The molecular weight excluding hydrogens is 214 g/mol. The number of hydrazine groups is 2. The van der Waals surface area contributed by atoms with E-state index < -0.39 is 0 Å². The van der Waals surface area contributed by atoms with Gasteiger partial charge in [-0.2, -0.15) is 5.53 Å². The molecule has 0 spiro atoms. The summed E-state index contributed by atoms with van der Waals surface area (Å²) in [5, 5.41) is 0. The van der Waals surface area contributed by atoms with Crippen LogP contribution < -0.4 is 16.4 Å². The minimum absolute atomic E-state index is 0.373. The van der Waals surface area contributed by atoms with E-state index in [1.54, 1.807) is 0 Å². The average Bonchev–Trinajstić information content (AvgIpc) is 2.72. The van der Waals surface area contributed by atoms with Crippen molar-refractivity contribution in [3.63, 3.8) is 0 Å². The molecule has 1 aliphatic heterocycles. The van der Waals surface area contributed by atoms with Crippen LogP contribution in [0.2, 0.25) is 0 Å². The maximum atomic E-state index is 5.78. The lowest BCUT2D eigenvalue weighted by molar-refractivity contribution is 0.0655. The molecule has 0 amide bonds. The molecule has 0 aromatic rings. The first kappa shape index (κ1) is 11.4. The van der Waals surface area contributed by atoms with Crippen molar-refractivity contribution in [2.45, 2.75) is 45.6 Å². The molecule has 3 rings (SSSR count). The summed E-state index contributed by atoms with van der Waals surface area (Å²) in [6.45, 7) is 5.22. The molecule has 0 radical (unpaired) electrons. The van der Waals surface area contributed by atoms with Gasteiger partial charge in [0.15, 0.2) is 0 Å². The van der Waals surface area contributed by atoms with Crippen LogP contribution in [0.15, 0.2) is 11.4 Å². The van der Waals surface area contributed by atoms with E-state index in [1.807, 2.05) is 0 Å². The standard InChI is InChI=1S/C13H23N3O/c1-8(2)17-7-11-9-3-5-12-13(15-16-14-12)6-4-10(9)11/h8-11,14-16H,3-7H2,1-2H3. The molecule has 1 fully saturated rings. The van der Waals surface area contributed by atoms with Gasteiger partial charge in [-0.3, -0.25) is 0 Å².